The number of sulfonamides is 1. The van der Waals surface area contributed by atoms with Gasteiger partial charge in [-0.1, -0.05) is 11.6 Å². The molecule has 10 heteroatoms. The van der Waals surface area contributed by atoms with Crippen LogP contribution < -0.4 is 10.3 Å². The first-order valence-electron chi connectivity index (χ1n) is 5.56. The number of hydrogen-bond donors (Lipinski definition) is 2. The number of pyridine rings is 1. The van der Waals surface area contributed by atoms with Crippen molar-refractivity contribution in [1.82, 2.24) is 19.8 Å². The highest BCUT2D eigenvalue weighted by Crippen LogP contribution is 2.17. The van der Waals surface area contributed by atoms with Gasteiger partial charge in [-0.25, -0.2) is 13.4 Å². The van der Waals surface area contributed by atoms with Crippen molar-refractivity contribution < 1.29 is 13.2 Å². The fraction of sp³-hybridized carbons (Fsp3) is 0.0909. The van der Waals surface area contributed by atoms with Crippen LogP contribution in [0.3, 0.4) is 0 Å². The van der Waals surface area contributed by atoms with Gasteiger partial charge < -0.3 is 4.57 Å². The number of carbonyl (C=O) groups excluding carboxylic acids is 1. The maximum absolute atomic E-state index is 12.0. The lowest BCUT2D eigenvalue weighted by Crippen LogP contribution is -2.42. The van der Waals surface area contributed by atoms with E-state index in [1.807, 2.05) is 4.83 Å². The summed E-state index contributed by atoms with van der Waals surface area (Å²) < 4.78 is 26.3. The number of carbonyl (C=O) groups is 1. The van der Waals surface area contributed by atoms with Crippen molar-refractivity contribution in [3.05, 3.63) is 45.9 Å². The van der Waals surface area contributed by atoms with E-state index >= 15 is 0 Å². The van der Waals surface area contributed by atoms with Crippen LogP contribution in [0.2, 0.25) is 5.15 Å². The van der Waals surface area contributed by atoms with Gasteiger partial charge in [-0.15, -0.1) is 4.83 Å². The van der Waals surface area contributed by atoms with Gasteiger partial charge in [0.2, 0.25) is 0 Å². The molecule has 0 aliphatic heterocycles. The molecular weight excluding hydrogens is 384 g/mol. The normalized spacial score (nSPS) is 11.4. The lowest BCUT2D eigenvalue weighted by Gasteiger charge is -2.09. The molecule has 0 aliphatic rings. The van der Waals surface area contributed by atoms with Gasteiger partial charge in [0, 0.05) is 23.9 Å². The van der Waals surface area contributed by atoms with Crippen molar-refractivity contribution in [2.75, 3.05) is 0 Å². The predicted molar refractivity (Wildman–Crippen MR) is 80.1 cm³/mol. The molecular formula is C11H10BrClN4O3S. The second kappa shape index (κ2) is 6.14. The molecule has 0 saturated heterocycles. The lowest BCUT2D eigenvalue weighted by atomic mass is 10.4. The van der Waals surface area contributed by atoms with Crippen molar-refractivity contribution >= 4 is 43.5 Å². The summed E-state index contributed by atoms with van der Waals surface area (Å²) in [6.07, 6.45) is 3.03. The molecule has 0 unspecified atom stereocenters. The molecule has 0 radical (unpaired) electrons. The Morgan fingerprint density at radius 1 is 1.48 bits per heavy atom. The minimum absolute atomic E-state index is 0.180. The van der Waals surface area contributed by atoms with E-state index in [-0.39, 0.29) is 15.7 Å². The Bertz CT molecular complexity index is 791. The molecule has 1 amide bonds. The van der Waals surface area contributed by atoms with E-state index in [9.17, 15) is 13.2 Å². The minimum atomic E-state index is -4.00. The van der Waals surface area contributed by atoms with Crippen molar-refractivity contribution in [2.45, 2.75) is 4.90 Å². The van der Waals surface area contributed by atoms with Gasteiger partial charge >= 0.3 is 0 Å². The molecule has 2 aromatic rings. The third-order valence-electron chi connectivity index (χ3n) is 2.52. The molecule has 0 fully saturated rings. The van der Waals surface area contributed by atoms with E-state index in [1.165, 1.54) is 18.3 Å². The number of halogens is 2. The summed E-state index contributed by atoms with van der Waals surface area (Å²) in [6, 6.07) is 4.26. The lowest BCUT2D eigenvalue weighted by molar-refractivity contribution is 0.0937. The molecule has 2 aromatic heterocycles. The summed E-state index contributed by atoms with van der Waals surface area (Å²) in [6.45, 7) is 0. The Hall–Kier alpha value is -1.42. The van der Waals surface area contributed by atoms with Crippen LogP contribution in [0.15, 0.2) is 40.0 Å². The molecule has 0 spiro atoms. The van der Waals surface area contributed by atoms with Gasteiger partial charge in [-0.05, 0) is 34.1 Å². The Morgan fingerprint density at radius 3 is 2.76 bits per heavy atom. The number of nitrogens with one attached hydrogen (secondary N) is 2. The summed E-state index contributed by atoms with van der Waals surface area (Å²) in [5, 5.41) is -0.180. The molecule has 2 N–H and O–H groups in total. The number of hydrazine groups is 1. The first-order valence-corrected chi connectivity index (χ1v) is 8.21. The maximum Gasteiger partial charge on any atom is 0.282 e. The van der Waals surface area contributed by atoms with Gasteiger partial charge in [0.25, 0.3) is 15.9 Å². The number of hydrogen-bond acceptors (Lipinski definition) is 4. The van der Waals surface area contributed by atoms with E-state index in [0.29, 0.717) is 4.47 Å². The first kappa shape index (κ1) is 16.0. The van der Waals surface area contributed by atoms with Crippen LogP contribution in [-0.2, 0) is 17.1 Å². The van der Waals surface area contributed by atoms with Gasteiger partial charge in [-0.2, -0.15) is 0 Å². The molecule has 0 bridgehead atoms. The van der Waals surface area contributed by atoms with Crippen LogP contribution in [0, 0.1) is 0 Å². The van der Waals surface area contributed by atoms with E-state index in [4.69, 9.17) is 11.6 Å². The van der Waals surface area contributed by atoms with Crippen LogP contribution in [0.4, 0.5) is 0 Å². The van der Waals surface area contributed by atoms with Crippen molar-refractivity contribution in [3.63, 3.8) is 0 Å². The zero-order valence-corrected chi connectivity index (χ0v) is 13.8. The molecule has 0 atom stereocenters. The molecule has 21 heavy (non-hydrogen) atoms. The zero-order chi connectivity index (χ0) is 15.6. The zero-order valence-electron chi connectivity index (χ0n) is 10.7. The second-order valence-corrected chi connectivity index (χ2v) is 6.93. The van der Waals surface area contributed by atoms with Crippen molar-refractivity contribution in [2.24, 2.45) is 7.05 Å². The Labute approximate surface area is 134 Å². The molecule has 7 nitrogen and oxygen atoms in total. The Morgan fingerprint density at radius 2 is 2.19 bits per heavy atom. The molecule has 0 saturated carbocycles. The average molecular weight is 394 g/mol. The van der Waals surface area contributed by atoms with E-state index in [1.54, 1.807) is 23.9 Å². The highest BCUT2D eigenvalue weighted by molar-refractivity contribution is 9.10. The smallest absolute Gasteiger partial charge is 0.282 e. The molecule has 0 aromatic carbocycles. The van der Waals surface area contributed by atoms with Crippen LogP contribution in [0.25, 0.3) is 0 Å². The molecule has 0 aliphatic carbocycles. The highest BCUT2D eigenvalue weighted by atomic mass is 79.9. The van der Waals surface area contributed by atoms with Crippen LogP contribution in [0.1, 0.15) is 10.5 Å². The van der Waals surface area contributed by atoms with Crippen LogP contribution in [-0.4, -0.2) is 23.9 Å². The summed E-state index contributed by atoms with van der Waals surface area (Å²) in [5.41, 5.74) is 2.39. The Balaban J connectivity index is 2.14. The predicted octanol–water partition coefficient (Wildman–Crippen LogP) is 1.46. The number of rotatable bonds is 4. The Kier molecular flexibility index (Phi) is 4.67. The number of aromatic nitrogens is 2. The first-order chi connectivity index (χ1) is 9.81. The maximum atomic E-state index is 12.0. The van der Waals surface area contributed by atoms with Gasteiger partial charge in [0.05, 0.1) is 0 Å². The standard InChI is InChI=1S/C11H10BrClN4O3S/c1-17-6-7(12)5-8(17)11(18)15-16-21(19,20)9-3-2-4-14-10(9)13/h2-6,16H,1H3,(H,15,18). The summed E-state index contributed by atoms with van der Waals surface area (Å²) in [5.74, 6) is -0.605. The van der Waals surface area contributed by atoms with Crippen LogP contribution >= 0.6 is 27.5 Å². The summed E-state index contributed by atoms with van der Waals surface area (Å²) in [4.78, 5) is 17.3. The number of nitrogens with zero attached hydrogens (tertiary/aromatic N) is 2. The molecule has 2 rings (SSSR count). The average Bonchev–Trinajstić information content (AvgIpc) is 2.75. The van der Waals surface area contributed by atoms with Crippen LogP contribution in [0.5, 0.6) is 0 Å². The van der Waals surface area contributed by atoms with E-state index in [2.05, 4.69) is 26.3 Å². The largest absolute Gasteiger partial charge is 0.345 e. The molecule has 2 heterocycles. The van der Waals surface area contributed by atoms with Gasteiger partial charge in [-0.3, -0.25) is 10.2 Å². The summed E-state index contributed by atoms with van der Waals surface area (Å²) in [7, 11) is -2.34. The third kappa shape index (κ3) is 3.62. The fourth-order valence-electron chi connectivity index (χ4n) is 1.55. The van der Waals surface area contributed by atoms with Crippen molar-refractivity contribution in [3.8, 4) is 0 Å². The topological polar surface area (TPSA) is 93.1 Å². The monoisotopic (exact) mass is 392 g/mol. The number of amides is 1. The quantitative estimate of drug-likeness (QED) is 0.607. The van der Waals surface area contributed by atoms with Gasteiger partial charge in [0.15, 0.2) is 0 Å². The number of aryl methyl sites for hydroxylation is 1. The SMILES string of the molecule is Cn1cc(Br)cc1C(=O)NNS(=O)(=O)c1cccnc1Cl. The third-order valence-corrected chi connectivity index (χ3v) is 4.64. The second-order valence-electron chi connectivity index (χ2n) is 4.01. The van der Waals surface area contributed by atoms with E-state index < -0.39 is 15.9 Å². The van der Waals surface area contributed by atoms with Crippen molar-refractivity contribution in [1.29, 1.82) is 0 Å². The van der Waals surface area contributed by atoms with E-state index in [0.717, 1.165) is 0 Å². The fourth-order valence-corrected chi connectivity index (χ4v) is 3.37. The summed E-state index contributed by atoms with van der Waals surface area (Å²) >= 11 is 8.94. The molecule has 112 valence electrons. The highest BCUT2D eigenvalue weighted by Gasteiger charge is 2.20. The minimum Gasteiger partial charge on any atom is -0.345 e. The van der Waals surface area contributed by atoms with Gasteiger partial charge in [0.1, 0.15) is 15.7 Å².